The summed E-state index contributed by atoms with van der Waals surface area (Å²) in [5.41, 5.74) is 0. The molecule has 4 atom stereocenters. The number of hydrogen-bond acceptors (Lipinski definition) is 8. The van der Waals surface area contributed by atoms with Crippen molar-refractivity contribution in [2.45, 2.75) is 148 Å². The van der Waals surface area contributed by atoms with E-state index in [9.17, 15) is 19.0 Å². The molecular formula is C48H79NO9P+. The normalized spacial score (nSPS) is 17.9. The molecule has 3 unspecified atom stereocenters. The number of rotatable bonds is 37. The van der Waals surface area contributed by atoms with Crippen LogP contribution in [0.25, 0.3) is 0 Å². The SMILES string of the molecule is CC/C=C\C/C=C\C/C=C\C/C=C\C/C=C\CCCC(=O)OC[C@H](COP(=O)(O)OCC[N+](C)(C)C)OC(=O)CCC/C=C\C/C=C\CC1OC1C/C=C\CCCCC. The Morgan fingerprint density at radius 3 is 1.64 bits per heavy atom. The zero-order valence-corrected chi connectivity index (χ0v) is 38.0. The van der Waals surface area contributed by atoms with Crippen molar-refractivity contribution in [2.75, 3.05) is 47.5 Å². The maximum absolute atomic E-state index is 12.7. The van der Waals surface area contributed by atoms with Gasteiger partial charge < -0.3 is 23.6 Å². The Morgan fingerprint density at radius 1 is 0.627 bits per heavy atom. The van der Waals surface area contributed by atoms with E-state index in [0.29, 0.717) is 42.5 Å². The average molecular weight is 845 g/mol. The third-order valence-electron chi connectivity index (χ3n) is 9.00. The van der Waals surface area contributed by atoms with E-state index in [2.05, 4.69) is 98.9 Å². The van der Waals surface area contributed by atoms with Crippen molar-refractivity contribution in [1.29, 1.82) is 0 Å². The third kappa shape index (κ3) is 36.5. The largest absolute Gasteiger partial charge is 0.472 e. The van der Waals surface area contributed by atoms with Crippen molar-refractivity contribution in [3.63, 3.8) is 0 Å². The molecule has 0 amide bonds. The number of esters is 2. The molecule has 0 saturated carbocycles. The van der Waals surface area contributed by atoms with E-state index in [1.165, 1.54) is 19.3 Å². The highest BCUT2D eigenvalue weighted by molar-refractivity contribution is 7.47. The molecule has 1 fully saturated rings. The number of nitrogens with zero attached hydrogens (tertiary/aromatic N) is 1. The lowest BCUT2D eigenvalue weighted by Crippen LogP contribution is -2.37. The van der Waals surface area contributed by atoms with Gasteiger partial charge >= 0.3 is 19.8 Å². The Bertz CT molecular complexity index is 1390. The monoisotopic (exact) mass is 845 g/mol. The first kappa shape index (κ1) is 53.9. The molecule has 59 heavy (non-hydrogen) atoms. The molecule has 10 nitrogen and oxygen atoms in total. The first-order valence-electron chi connectivity index (χ1n) is 22.1. The van der Waals surface area contributed by atoms with Gasteiger partial charge in [0.25, 0.3) is 0 Å². The second-order valence-corrected chi connectivity index (χ2v) is 17.2. The highest BCUT2D eigenvalue weighted by Gasteiger charge is 2.36. The van der Waals surface area contributed by atoms with Crippen LogP contribution in [0.2, 0.25) is 0 Å². The lowest BCUT2D eigenvalue weighted by atomic mass is 10.1. The van der Waals surface area contributed by atoms with Crippen LogP contribution in [0.1, 0.15) is 129 Å². The second kappa shape index (κ2) is 35.6. The lowest BCUT2D eigenvalue weighted by molar-refractivity contribution is -0.870. The van der Waals surface area contributed by atoms with Gasteiger partial charge in [-0.25, -0.2) is 4.57 Å². The van der Waals surface area contributed by atoms with Crippen LogP contribution in [0.15, 0.2) is 97.2 Å². The zero-order chi connectivity index (χ0) is 43.3. The lowest BCUT2D eigenvalue weighted by Gasteiger charge is -2.24. The van der Waals surface area contributed by atoms with Gasteiger partial charge in [0.15, 0.2) is 6.10 Å². The summed E-state index contributed by atoms with van der Waals surface area (Å²) in [6, 6.07) is 0. The summed E-state index contributed by atoms with van der Waals surface area (Å²) in [5, 5.41) is 0. The Balaban J connectivity index is 2.38. The molecule has 11 heteroatoms. The Kier molecular flexibility index (Phi) is 32.6. The van der Waals surface area contributed by atoms with E-state index in [0.717, 1.165) is 64.2 Å². The predicted octanol–water partition coefficient (Wildman–Crippen LogP) is 11.6. The van der Waals surface area contributed by atoms with Crippen molar-refractivity contribution in [1.82, 2.24) is 0 Å². The van der Waals surface area contributed by atoms with Gasteiger partial charge in [0, 0.05) is 12.8 Å². The minimum absolute atomic E-state index is 0.00440. The Hall–Kier alpha value is -3.11. The topological polar surface area (TPSA) is 121 Å². The molecule has 0 aromatic heterocycles. The predicted molar refractivity (Wildman–Crippen MR) is 242 cm³/mol. The molecule has 1 aliphatic heterocycles. The van der Waals surface area contributed by atoms with E-state index >= 15 is 0 Å². The molecule has 0 aromatic rings. The molecular weight excluding hydrogens is 765 g/mol. The molecule has 1 aliphatic rings. The number of carbonyl (C=O) groups excluding carboxylic acids is 2. The molecule has 0 spiro atoms. The number of quaternary nitrogens is 1. The first-order valence-corrected chi connectivity index (χ1v) is 23.6. The van der Waals surface area contributed by atoms with Crippen LogP contribution in [-0.4, -0.2) is 87.1 Å². The van der Waals surface area contributed by atoms with Crippen LogP contribution in [0, 0.1) is 0 Å². The number of epoxide rings is 1. The number of allylic oxidation sites excluding steroid dienone is 14. The third-order valence-corrected chi connectivity index (χ3v) is 9.98. The number of phosphoric ester groups is 1. The van der Waals surface area contributed by atoms with Crippen molar-refractivity contribution < 1.29 is 46.8 Å². The average Bonchev–Trinajstić information content (AvgIpc) is 3.94. The highest BCUT2D eigenvalue weighted by Crippen LogP contribution is 2.43. The maximum Gasteiger partial charge on any atom is 0.472 e. The Labute approximate surface area is 358 Å². The second-order valence-electron chi connectivity index (χ2n) is 15.7. The smallest absolute Gasteiger partial charge is 0.462 e. The molecule has 0 bridgehead atoms. The number of carbonyl (C=O) groups is 2. The molecule has 0 aliphatic carbocycles. The van der Waals surface area contributed by atoms with Crippen molar-refractivity contribution >= 4 is 19.8 Å². The minimum Gasteiger partial charge on any atom is -0.462 e. The van der Waals surface area contributed by atoms with E-state index in [-0.39, 0.29) is 26.1 Å². The van der Waals surface area contributed by atoms with Gasteiger partial charge in [-0.1, -0.05) is 124 Å². The summed E-state index contributed by atoms with van der Waals surface area (Å²) in [4.78, 5) is 35.4. The van der Waals surface area contributed by atoms with E-state index in [1.807, 2.05) is 33.3 Å². The Morgan fingerprint density at radius 2 is 1.10 bits per heavy atom. The summed E-state index contributed by atoms with van der Waals surface area (Å²) < 4.78 is 39.9. The van der Waals surface area contributed by atoms with Gasteiger partial charge in [-0.3, -0.25) is 18.6 Å². The van der Waals surface area contributed by atoms with Crippen molar-refractivity contribution in [2.24, 2.45) is 0 Å². The fourth-order valence-electron chi connectivity index (χ4n) is 5.43. The molecule has 1 N–H and O–H groups in total. The fourth-order valence-corrected chi connectivity index (χ4v) is 6.18. The van der Waals surface area contributed by atoms with Crippen LogP contribution >= 0.6 is 7.82 Å². The first-order chi connectivity index (χ1) is 28.5. The zero-order valence-electron chi connectivity index (χ0n) is 37.1. The van der Waals surface area contributed by atoms with Crippen LogP contribution in [0.3, 0.4) is 0 Å². The summed E-state index contributed by atoms with van der Waals surface area (Å²) in [6.07, 6.45) is 49.3. The number of likely N-dealkylation sites (N-methyl/N-ethyl adjacent to an activating group) is 1. The summed E-state index contributed by atoms with van der Waals surface area (Å²) >= 11 is 0. The van der Waals surface area contributed by atoms with E-state index in [1.54, 1.807) is 0 Å². The van der Waals surface area contributed by atoms with E-state index < -0.39 is 32.5 Å². The van der Waals surface area contributed by atoms with Gasteiger partial charge in [-0.15, -0.1) is 0 Å². The van der Waals surface area contributed by atoms with Crippen LogP contribution in [0.4, 0.5) is 0 Å². The number of hydrogen-bond donors (Lipinski definition) is 1. The van der Waals surface area contributed by atoms with Crippen LogP contribution < -0.4 is 0 Å². The molecule has 1 saturated heterocycles. The number of ether oxygens (including phenoxy) is 3. The standard InChI is InChI=1S/C48H78NO9P/c1-6-8-10-12-14-15-16-17-18-19-20-21-22-23-26-30-34-38-47(50)54-42-44(43-56-59(52,53)55-41-40-49(3,4)5)57-48(51)39-35-31-27-24-25-29-33-37-46-45(58-46)36-32-28-13-11-9-7-2/h8,10,14-15,17-18,20-21,23-24,26-29,32-33,44-46H,6-7,9,11-13,16,19,22,25,30-31,34-43H2,1-5H3/p+1/b10-8-,15-14-,18-17-,21-20-,26-23-,27-24-,32-28-,33-29-/t44-,45?,46?/m1/s1. The molecule has 334 valence electrons. The van der Waals surface area contributed by atoms with Gasteiger partial charge in [-0.05, 0) is 89.9 Å². The van der Waals surface area contributed by atoms with Gasteiger partial charge in [0.05, 0.1) is 40.0 Å². The van der Waals surface area contributed by atoms with Gasteiger partial charge in [0.2, 0.25) is 0 Å². The summed E-state index contributed by atoms with van der Waals surface area (Å²) in [5.74, 6) is -0.950. The fraction of sp³-hybridized carbons (Fsp3) is 0.625. The summed E-state index contributed by atoms with van der Waals surface area (Å²) in [6.45, 7) is 4.10. The quantitative estimate of drug-likeness (QED) is 0.0163. The minimum atomic E-state index is -4.41. The number of phosphoric acid groups is 1. The van der Waals surface area contributed by atoms with E-state index in [4.69, 9.17) is 23.3 Å². The van der Waals surface area contributed by atoms with Gasteiger partial charge in [0.1, 0.15) is 19.8 Å². The molecule has 0 radical (unpaired) electrons. The highest BCUT2D eigenvalue weighted by atomic mass is 31.2. The number of unbranched alkanes of at least 4 members (excludes halogenated alkanes) is 5. The molecule has 1 rings (SSSR count). The maximum atomic E-state index is 12.7. The molecule has 1 heterocycles. The van der Waals surface area contributed by atoms with Gasteiger partial charge in [-0.2, -0.15) is 0 Å². The summed E-state index contributed by atoms with van der Waals surface area (Å²) in [7, 11) is 1.38. The van der Waals surface area contributed by atoms with Crippen LogP contribution in [-0.2, 0) is 37.4 Å². The molecule has 0 aromatic carbocycles. The van der Waals surface area contributed by atoms with Crippen molar-refractivity contribution in [3.05, 3.63) is 97.2 Å². The van der Waals surface area contributed by atoms with Crippen molar-refractivity contribution in [3.8, 4) is 0 Å². The van der Waals surface area contributed by atoms with Crippen LogP contribution in [0.5, 0.6) is 0 Å².